The van der Waals surface area contributed by atoms with E-state index in [0.717, 1.165) is 11.1 Å². The van der Waals surface area contributed by atoms with Gasteiger partial charge in [0, 0.05) is 0 Å². The van der Waals surface area contributed by atoms with Crippen LogP contribution in [0.3, 0.4) is 0 Å². The summed E-state index contributed by atoms with van der Waals surface area (Å²) in [6, 6.07) is 23.4. The van der Waals surface area contributed by atoms with Crippen LogP contribution in [0.4, 0.5) is 0 Å². The summed E-state index contributed by atoms with van der Waals surface area (Å²) in [5, 5.41) is 10.3. The highest BCUT2D eigenvalue weighted by atomic mass is 32.2. The molecule has 6 nitrogen and oxygen atoms in total. The van der Waals surface area contributed by atoms with Crippen molar-refractivity contribution in [2.45, 2.75) is 24.5 Å². The summed E-state index contributed by atoms with van der Waals surface area (Å²) >= 11 is 0. The largest absolute Gasteiger partial charge is 0.489 e. The zero-order chi connectivity index (χ0) is 22.1. The first-order chi connectivity index (χ1) is 14.9. The number of benzene rings is 3. The first-order valence-corrected chi connectivity index (χ1v) is 11.3. The number of aliphatic hydroxyl groups excluding tert-OH is 1. The van der Waals surface area contributed by atoms with Crippen molar-refractivity contribution in [2.24, 2.45) is 0 Å². The Morgan fingerprint density at radius 1 is 0.871 bits per heavy atom. The van der Waals surface area contributed by atoms with Crippen molar-refractivity contribution in [3.05, 3.63) is 95.6 Å². The molecular weight excluding hydrogens is 416 g/mol. The maximum absolute atomic E-state index is 12.1. The Hall–Kier alpha value is -2.71. The molecule has 0 amide bonds. The van der Waals surface area contributed by atoms with Crippen molar-refractivity contribution >= 4 is 10.1 Å². The van der Waals surface area contributed by atoms with Crippen molar-refractivity contribution in [1.82, 2.24) is 0 Å². The van der Waals surface area contributed by atoms with Gasteiger partial charge in [0.05, 0.1) is 24.7 Å². The second-order valence-electron chi connectivity index (χ2n) is 7.02. The number of aryl methyl sites for hydroxylation is 1. The highest BCUT2D eigenvalue weighted by Crippen LogP contribution is 2.19. The maximum Gasteiger partial charge on any atom is 0.297 e. The van der Waals surface area contributed by atoms with Crippen LogP contribution >= 0.6 is 0 Å². The lowest BCUT2D eigenvalue weighted by molar-refractivity contribution is 0.0247. The third-order valence-electron chi connectivity index (χ3n) is 4.56. The van der Waals surface area contributed by atoms with Gasteiger partial charge in [0.2, 0.25) is 0 Å². The lowest BCUT2D eigenvalue weighted by atomic mass is 10.1. The van der Waals surface area contributed by atoms with Crippen LogP contribution in [0.2, 0.25) is 0 Å². The minimum atomic E-state index is -3.82. The standard InChI is InChI=1S/C24H26O6S/c1-19-7-13-23(14-8-19)31(26,27)30-16-15-28-18-24(25)21-9-11-22(12-10-21)29-17-20-5-3-2-4-6-20/h2-14,24-25H,15-18H2,1H3. The molecule has 0 saturated carbocycles. The predicted octanol–water partition coefficient (Wildman–Crippen LogP) is 4.03. The third kappa shape index (κ3) is 7.18. The molecule has 31 heavy (non-hydrogen) atoms. The topological polar surface area (TPSA) is 82.1 Å². The maximum atomic E-state index is 12.1. The summed E-state index contributed by atoms with van der Waals surface area (Å²) in [7, 11) is -3.82. The van der Waals surface area contributed by atoms with Crippen molar-refractivity contribution in [3.8, 4) is 5.75 Å². The summed E-state index contributed by atoms with van der Waals surface area (Å²) in [5.74, 6) is 0.704. The minimum absolute atomic E-state index is 0.0260. The Morgan fingerprint density at radius 2 is 1.55 bits per heavy atom. The number of rotatable bonds is 11. The smallest absolute Gasteiger partial charge is 0.297 e. The van der Waals surface area contributed by atoms with E-state index in [1.165, 1.54) is 12.1 Å². The Balaban J connectivity index is 1.38. The molecule has 0 bridgehead atoms. The molecule has 0 spiro atoms. The van der Waals surface area contributed by atoms with E-state index in [1.807, 2.05) is 37.3 Å². The van der Waals surface area contributed by atoms with Gasteiger partial charge in [-0.25, -0.2) is 0 Å². The summed E-state index contributed by atoms with van der Waals surface area (Å²) in [6.45, 7) is 2.28. The van der Waals surface area contributed by atoms with Gasteiger partial charge >= 0.3 is 0 Å². The monoisotopic (exact) mass is 442 g/mol. The molecule has 0 aromatic heterocycles. The van der Waals surface area contributed by atoms with E-state index in [0.29, 0.717) is 17.9 Å². The molecular formula is C24H26O6S. The van der Waals surface area contributed by atoms with E-state index in [1.54, 1.807) is 36.4 Å². The average molecular weight is 443 g/mol. The summed E-state index contributed by atoms with van der Waals surface area (Å²) in [5.41, 5.74) is 2.72. The number of hydrogen-bond donors (Lipinski definition) is 1. The summed E-state index contributed by atoms with van der Waals surface area (Å²) in [4.78, 5) is 0.104. The lowest BCUT2D eigenvalue weighted by Crippen LogP contribution is -2.14. The molecule has 0 fully saturated rings. The molecule has 164 valence electrons. The summed E-state index contributed by atoms with van der Waals surface area (Å²) in [6.07, 6.45) is -0.836. The van der Waals surface area contributed by atoms with Crippen LogP contribution in [-0.2, 0) is 25.6 Å². The predicted molar refractivity (Wildman–Crippen MR) is 117 cm³/mol. The van der Waals surface area contributed by atoms with Crippen LogP contribution in [0.1, 0.15) is 22.8 Å². The van der Waals surface area contributed by atoms with Crippen LogP contribution in [-0.4, -0.2) is 33.3 Å². The van der Waals surface area contributed by atoms with Crippen molar-refractivity contribution in [2.75, 3.05) is 19.8 Å². The zero-order valence-corrected chi connectivity index (χ0v) is 18.1. The molecule has 0 heterocycles. The second kappa shape index (κ2) is 11.1. The lowest BCUT2D eigenvalue weighted by Gasteiger charge is -2.13. The van der Waals surface area contributed by atoms with Crippen molar-refractivity contribution in [3.63, 3.8) is 0 Å². The molecule has 0 radical (unpaired) electrons. The van der Waals surface area contributed by atoms with Crippen LogP contribution in [0.5, 0.6) is 5.75 Å². The molecule has 0 saturated heterocycles. The molecule has 3 rings (SSSR count). The molecule has 0 aliphatic heterocycles. The normalized spacial score (nSPS) is 12.5. The van der Waals surface area contributed by atoms with Gasteiger partial charge < -0.3 is 14.6 Å². The molecule has 3 aromatic rings. The number of hydrogen-bond acceptors (Lipinski definition) is 6. The molecule has 1 N–H and O–H groups in total. The van der Waals surface area contributed by atoms with Crippen molar-refractivity contribution < 1.29 is 27.2 Å². The molecule has 7 heteroatoms. The van der Waals surface area contributed by atoms with E-state index in [2.05, 4.69) is 0 Å². The fourth-order valence-corrected chi connectivity index (χ4v) is 3.69. The molecule has 3 aromatic carbocycles. The molecule has 0 aliphatic carbocycles. The van der Waals surface area contributed by atoms with Gasteiger partial charge in [0.25, 0.3) is 10.1 Å². The van der Waals surface area contributed by atoms with Gasteiger partial charge in [-0.15, -0.1) is 0 Å². The highest BCUT2D eigenvalue weighted by molar-refractivity contribution is 7.86. The minimum Gasteiger partial charge on any atom is -0.489 e. The van der Waals surface area contributed by atoms with Gasteiger partial charge in [-0.1, -0.05) is 60.2 Å². The molecule has 0 aliphatic rings. The third-order valence-corrected chi connectivity index (χ3v) is 5.89. The quantitative estimate of drug-likeness (QED) is 0.357. The van der Waals surface area contributed by atoms with Crippen molar-refractivity contribution in [1.29, 1.82) is 0 Å². The van der Waals surface area contributed by atoms with E-state index < -0.39 is 16.2 Å². The summed E-state index contributed by atoms with van der Waals surface area (Å²) < 4.78 is 40.3. The SMILES string of the molecule is Cc1ccc(S(=O)(=O)OCCOCC(O)c2ccc(OCc3ccccc3)cc2)cc1. The van der Waals surface area contributed by atoms with Crippen LogP contribution in [0.15, 0.2) is 83.8 Å². The number of aliphatic hydroxyl groups is 1. The first-order valence-electron chi connectivity index (χ1n) is 9.93. The van der Waals surface area contributed by atoms with Crippen LogP contribution in [0, 0.1) is 6.92 Å². The Labute approximate surface area is 183 Å². The van der Waals surface area contributed by atoms with Gasteiger partial charge in [0.15, 0.2) is 0 Å². The van der Waals surface area contributed by atoms with Gasteiger partial charge in [-0.3, -0.25) is 4.18 Å². The Morgan fingerprint density at radius 3 is 2.23 bits per heavy atom. The zero-order valence-electron chi connectivity index (χ0n) is 17.3. The average Bonchev–Trinajstić information content (AvgIpc) is 2.78. The van der Waals surface area contributed by atoms with E-state index in [9.17, 15) is 13.5 Å². The van der Waals surface area contributed by atoms with Crippen LogP contribution < -0.4 is 4.74 Å². The number of ether oxygens (including phenoxy) is 2. The van der Waals surface area contributed by atoms with E-state index >= 15 is 0 Å². The van der Waals surface area contributed by atoms with E-state index in [4.69, 9.17) is 13.7 Å². The first kappa shape index (κ1) is 23.0. The molecule has 1 atom stereocenters. The van der Waals surface area contributed by atoms with Gasteiger partial charge in [-0.05, 0) is 42.3 Å². The second-order valence-corrected chi connectivity index (χ2v) is 8.64. The Kier molecular flexibility index (Phi) is 8.20. The highest BCUT2D eigenvalue weighted by Gasteiger charge is 2.15. The van der Waals surface area contributed by atoms with E-state index in [-0.39, 0.29) is 24.7 Å². The fraction of sp³-hybridized carbons (Fsp3) is 0.250. The fourth-order valence-electron chi connectivity index (χ4n) is 2.79. The van der Waals surface area contributed by atoms with Gasteiger partial charge in [-0.2, -0.15) is 8.42 Å². The van der Waals surface area contributed by atoms with Crippen LogP contribution in [0.25, 0.3) is 0 Å². The van der Waals surface area contributed by atoms with Gasteiger partial charge in [0.1, 0.15) is 18.5 Å². The Bertz CT molecular complexity index is 1030. The molecule has 1 unspecified atom stereocenters.